The van der Waals surface area contributed by atoms with E-state index in [9.17, 15) is 4.79 Å². The molecule has 0 radical (unpaired) electrons. The molecule has 1 amide bonds. The lowest BCUT2D eigenvalue weighted by molar-refractivity contribution is -0.118. The lowest BCUT2D eigenvalue weighted by atomic mass is 10.2. The van der Waals surface area contributed by atoms with Crippen LogP contribution in [0.1, 0.15) is 19.4 Å². The Kier molecular flexibility index (Phi) is 6.21. The largest absolute Gasteiger partial charge is 0.349 e. The molecule has 0 fully saturated rings. The predicted octanol–water partition coefficient (Wildman–Crippen LogP) is 2.26. The van der Waals surface area contributed by atoms with Crippen LogP contribution in [0.4, 0.5) is 5.69 Å². The molecule has 0 aliphatic heterocycles. The monoisotopic (exact) mass is 290 g/mol. The number of aliphatic imine (C=N–C) groups is 1. The van der Waals surface area contributed by atoms with E-state index >= 15 is 0 Å². The number of hydrogen-bond acceptors (Lipinski definition) is 2. The van der Waals surface area contributed by atoms with Crippen molar-refractivity contribution in [1.82, 2.24) is 9.80 Å². The second-order valence-corrected chi connectivity index (χ2v) is 5.75. The van der Waals surface area contributed by atoms with Crippen molar-refractivity contribution in [3.8, 4) is 0 Å². The van der Waals surface area contributed by atoms with Gasteiger partial charge < -0.3 is 15.1 Å². The minimum atomic E-state index is -0.0167. The quantitative estimate of drug-likeness (QED) is 0.683. The van der Waals surface area contributed by atoms with Crippen molar-refractivity contribution in [2.24, 2.45) is 10.9 Å². The third-order valence-corrected chi connectivity index (χ3v) is 2.95. The fourth-order valence-electron chi connectivity index (χ4n) is 1.82. The number of nitrogens with one attached hydrogen (secondary N) is 1. The molecule has 0 saturated carbocycles. The summed E-state index contributed by atoms with van der Waals surface area (Å²) in [5.41, 5.74) is 1.93. The summed E-state index contributed by atoms with van der Waals surface area (Å²) < 4.78 is 0. The zero-order chi connectivity index (χ0) is 16.0. The smallest absolute Gasteiger partial charge is 0.226 e. The van der Waals surface area contributed by atoms with Crippen molar-refractivity contribution < 1.29 is 4.79 Å². The van der Waals surface area contributed by atoms with Crippen molar-refractivity contribution in [2.45, 2.75) is 20.4 Å². The van der Waals surface area contributed by atoms with E-state index in [1.165, 1.54) is 0 Å². The number of benzene rings is 1. The van der Waals surface area contributed by atoms with Gasteiger partial charge in [0.2, 0.25) is 5.91 Å². The Labute approximate surface area is 127 Å². The molecule has 1 rings (SSSR count). The number of amides is 1. The highest BCUT2D eigenvalue weighted by Crippen LogP contribution is 2.12. The Hall–Kier alpha value is -2.04. The van der Waals surface area contributed by atoms with Crippen molar-refractivity contribution >= 4 is 17.6 Å². The summed E-state index contributed by atoms with van der Waals surface area (Å²) in [6.45, 7) is 4.37. The molecule has 116 valence electrons. The van der Waals surface area contributed by atoms with Crippen LogP contribution in [0, 0.1) is 5.92 Å². The van der Waals surface area contributed by atoms with Crippen molar-refractivity contribution in [3.05, 3.63) is 29.8 Å². The SMILES string of the molecule is CC(C)C(=O)Nc1ccc(CN=C(N(C)C)N(C)C)cc1. The Morgan fingerprint density at radius 1 is 1.10 bits per heavy atom. The summed E-state index contributed by atoms with van der Waals surface area (Å²) in [6, 6.07) is 7.80. The van der Waals surface area contributed by atoms with Crippen molar-refractivity contribution in [2.75, 3.05) is 33.5 Å². The van der Waals surface area contributed by atoms with Crippen LogP contribution >= 0.6 is 0 Å². The molecule has 0 aliphatic rings. The lowest BCUT2D eigenvalue weighted by Gasteiger charge is -2.22. The molecule has 0 bridgehead atoms. The van der Waals surface area contributed by atoms with Crippen LogP contribution in [0.5, 0.6) is 0 Å². The standard InChI is InChI=1S/C16H26N4O/c1-12(2)15(21)18-14-9-7-13(8-10-14)11-17-16(19(3)4)20(5)6/h7-10,12H,11H2,1-6H3,(H,18,21). The van der Waals surface area contributed by atoms with Gasteiger partial charge in [-0.1, -0.05) is 26.0 Å². The first-order valence-corrected chi connectivity index (χ1v) is 7.10. The van der Waals surface area contributed by atoms with E-state index in [-0.39, 0.29) is 11.8 Å². The number of nitrogens with zero attached hydrogens (tertiary/aromatic N) is 3. The summed E-state index contributed by atoms with van der Waals surface area (Å²) in [5, 5.41) is 2.88. The molecule has 0 heterocycles. The number of guanidine groups is 1. The van der Waals surface area contributed by atoms with E-state index in [1.54, 1.807) is 0 Å². The van der Waals surface area contributed by atoms with Crippen LogP contribution in [-0.2, 0) is 11.3 Å². The molecule has 1 aromatic rings. The van der Waals surface area contributed by atoms with Crippen LogP contribution in [0.3, 0.4) is 0 Å². The molecule has 5 heteroatoms. The molecule has 0 atom stereocenters. The fourth-order valence-corrected chi connectivity index (χ4v) is 1.82. The third kappa shape index (κ3) is 5.45. The van der Waals surface area contributed by atoms with E-state index in [4.69, 9.17) is 0 Å². The lowest BCUT2D eigenvalue weighted by Crippen LogP contribution is -2.35. The second-order valence-electron chi connectivity index (χ2n) is 5.75. The Morgan fingerprint density at radius 3 is 2.05 bits per heavy atom. The normalized spacial score (nSPS) is 10.2. The molecule has 0 spiro atoms. The third-order valence-electron chi connectivity index (χ3n) is 2.95. The zero-order valence-corrected chi connectivity index (χ0v) is 13.8. The van der Waals surface area contributed by atoms with Gasteiger partial charge in [0.1, 0.15) is 0 Å². The summed E-state index contributed by atoms with van der Waals surface area (Å²) in [6.07, 6.45) is 0. The number of anilines is 1. The first-order valence-electron chi connectivity index (χ1n) is 7.10. The van der Waals surface area contributed by atoms with Gasteiger partial charge >= 0.3 is 0 Å². The van der Waals surface area contributed by atoms with E-state index in [1.807, 2.05) is 76.1 Å². The molecule has 0 aromatic heterocycles. The molecule has 0 unspecified atom stereocenters. The first-order chi connectivity index (χ1) is 9.81. The van der Waals surface area contributed by atoms with Crippen LogP contribution in [0.15, 0.2) is 29.3 Å². The highest BCUT2D eigenvalue weighted by molar-refractivity contribution is 5.92. The fraction of sp³-hybridized carbons (Fsp3) is 0.500. The molecule has 1 N–H and O–H groups in total. The van der Waals surface area contributed by atoms with E-state index < -0.39 is 0 Å². The minimum absolute atomic E-state index is 0.0167. The van der Waals surface area contributed by atoms with Crippen molar-refractivity contribution in [1.29, 1.82) is 0 Å². The van der Waals surface area contributed by atoms with Crippen LogP contribution in [-0.4, -0.2) is 49.9 Å². The Balaban J connectivity index is 2.70. The van der Waals surface area contributed by atoms with Gasteiger partial charge in [-0.2, -0.15) is 0 Å². The predicted molar refractivity (Wildman–Crippen MR) is 88.4 cm³/mol. The Bertz CT molecular complexity index is 480. The molecular formula is C16H26N4O. The average Bonchev–Trinajstić information content (AvgIpc) is 2.39. The minimum Gasteiger partial charge on any atom is -0.349 e. The van der Waals surface area contributed by atoms with Crippen LogP contribution in [0.25, 0.3) is 0 Å². The van der Waals surface area contributed by atoms with E-state index in [0.717, 1.165) is 17.2 Å². The van der Waals surface area contributed by atoms with Crippen molar-refractivity contribution in [3.63, 3.8) is 0 Å². The van der Waals surface area contributed by atoms with Gasteiger partial charge in [0.25, 0.3) is 0 Å². The van der Waals surface area contributed by atoms with Crippen LogP contribution < -0.4 is 5.32 Å². The van der Waals surface area contributed by atoms with E-state index in [0.29, 0.717) is 6.54 Å². The topological polar surface area (TPSA) is 47.9 Å². The maximum absolute atomic E-state index is 11.6. The maximum Gasteiger partial charge on any atom is 0.226 e. The van der Waals surface area contributed by atoms with Crippen LogP contribution in [0.2, 0.25) is 0 Å². The van der Waals surface area contributed by atoms with Gasteiger partial charge in [-0.3, -0.25) is 4.79 Å². The molecule has 0 aliphatic carbocycles. The molecular weight excluding hydrogens is 264 g/mol. The number of hydrogen-bond donors (Lipinski definition) is 1. The van der Waals surface area contributed by atoms with E-state index in [2.05, 4.69) is 10.3 Å². The maximum atomic E-state index is 11.6. The van der Waals surface area contributed by atoms with Gasteiger partial charge in [-0.15, -0.1) is 0 Å². The highest BCUT2D eigenvalue weighted by Gasteiger charge is 2.07. The van der Waals surface area contributed by atoms with Gasteiger partial charge in [0.05, 0.1) is 6.54 Å². The zero-order valence-electron chi connectivity index (χ0n) is 13.8. The number of carbonyl (C=O) groups excluding carboxylic acids is 1. The number of rotatable bonds is 4. The summed E-state index contributed by atoms with van der Waals surface area (Å²) in [4.78, 5) is 20.2. The van der Waals surface area contributed by atoms with Gasteiger partial charge in [-0.25, -0.2) is 4.99 Å². The van der Waals surface area contributed by atoms with Gasteiger partial charge in [0.15, 0.2) is 5.96 Å². The number of carbonyl (C=O) groups is 1. The summed E-state index contributed by atoms with van der Waals surface area (Å²) in [5.74, 6) is 0.937. The molecule has 21 heavy (non-hydrogen) atoms. The second kappa shape index (κ2) is 7.67. The molecule has 1 aromatic carbocycles. The molecule has 5 nitrogen and oxygen atoms in total. The van der Waals surface area contributed by atoms with Gasteiger partial charge in [-0.05, 0) is 17.7 Å². The van der Waals surface area contributed by atoms with Gasteiger partial charge in [0, 0.05) is 39.8 Å². The summed E-state index contributed by atoms with van der Waals surface area (Å²) in [7, 11) is 7.90. The average molecular weight is 290 g/mol. The summed E-state index contributed by atoms with van der Waals surface area (Å²) >= 11 is 0. The first kappa shape index (κ1) is 17.0. The molecule has 0 saturated heterocycles. The highest BCUT2D eigenvalue weighted by atomic mass is 16.1. The Morgan fingerprint density at radius 2 is 1.62 bits per heavy atom.